The summed E-state index contributed by atoms with van der Waals surface area (Å²) in [5.74, 6) is 0.708. The van der Waals surface area contributed by atoms with Gasteiger partial charge in [0.2, 0.25) is 0 Å². The van der Waals surface area contributed by atoms with Gasteiger partial charge in [0.05, 0.1) is 0 Å². The number of rotatable bonds is 1. The molecular formula is C18H22N+. The number of hydrogen-bond donors (Lipinski definition) is 0. The summed E-state index contributed by atoms with van der Waals surface area (Å²) in [5, 5.41) is 2.80. The lowest BCUT2D eigenvalue weighted by Gasteiger charge is -2.22. The van der Waals surface area contributed by atoms with E-state index in [0.717, 1.165) is 0 Å². The Kier molecular flexibility index (Phi) is 3.37. The first-order chi connectivity index (χ1) is 9.29. The molecule has 1 aromatic heterocycles. The molecule has 0 radical (unpaired) electrons. The van der Waals surface area contributed by atoms with Crippen LogP contribution in [0.1, 0.15) is 44.2 Å². The highest BCUT2D eigenvalue weighted by Crippen LogP contribution is 2.36. The first kappa shape index (κ1) is 12.4. The number of fused-ring (bicyclic) bond motifs is 1. The lowest BCUT2D eigenvalue weighted by atomic mass is 9.82. The highest BCUT2D eigenvalue weighted by atomic mass is 14.9. The number of pyridine rings is 1. The maximum atomic E-state index is 2.33. The summed E-state index contributed by atoms with van der Waals surface area (Å²) >= 11 is 0. The van der Waals surface area contributed by atoms with Gasteiger partial charge in [-0.1, -0.05) is 29.8 Å². The van der Waals surface area contributed by atoms with Gasteiger partial charge in [0, 0.05) is 17.4 Å². The molecule has 19 heavy (non-hydrogen) atoms. The first-order valence-electron chi connectivity index (χ1n) is 7.31. The van der Waals surface area contributed by atoms with E-state index in [2.05, 4.69) is 61.1 Å². The Balaban J connectivity index is 2.03. The van der Waals surface area contributed by atoms with Gasteiger partial charge < -0.3 is 0 Å². The zero-order valence-electron chi connectivity index (χ0n) is 11.9. The molecule has 0 N–H and O–H groups in total. The molecule has 1 saturated carbocycles. The molecule has 0 bridgehead atoms. The van der Waals surface area contributed by atoms with Gasteiger partial charge in [0.1, 0.15) is 7.05 Å². The van der Waals surface area contributed by atoms with E-state index in [1.165, 1.54) is 42.1 Å². The van der Waals surface area contributed by atoms with Crippen LogP contribution in [0, 0.1) is 0 Å². The van der Waals surface area contributed by atoms with Crippen LogP contribution in [0.15, 0.2) is 48.2 Å². The quantitative estimate of drug-likeness (QED) is 0.527. The fourth-order valence-electron chi connectivity index (χ4n) is 3.40. The van der Waals surface area contributed by atoms with Crippen LogP contribution in [0.25, 0.3) is 10.8 Å². The van der Waals surface area contributed by atoms with Crippen LogP contribution in [0.3, 0.4) is 0 Å². The second kappa shape index (κ2) is 5.16. The predicted molar refractivity (Wildman–Crippen MR) is 80.1 cm³/mol. The van der Waals surface area contributed by atoms with E-state index in [1.807, 2.05) is 0 Å². The van der Waals surface area contributed by atoms with Gasteiger partial charge in [-0.3, -0.25) is 0 Å². The van der Waals surface area contributed by atoms with Gasteiger partial charge in [0.15, 0.2) is 11.9 Å². The van der Waals surface area contributed by atoms with E-state index in [4.69, 9.17) is 0 Å². The molecule has 0 saturated heterocycles. The summed E-state index contributed by atoms with van der Waals surface area (Å²) in [6, 6.07) is 11.0. The van der Waals surface area contributed by atoms with E-state index in [-0.39, 0.29) is 0 Å². The zero-order valence-corrected chi connectivity index (χ0v) is 11.9. The lowest BCUT2D eigenvalue weighted by molar-refractivity contribution is -0.679. The Labute approximate surface area is 115 Å². The summed E-state index contributed by atoms with van der Waals surface area (Å²) in [6.07, 6.45) is 9.64. The van der Waals surface area contributed by atoms with Crippen LogP contribution in [-0.4, -0.2) is 0 Å². The monoisotopic (exact) mass is 252 g/mol. The van der Waals surface area contributed by atoms with Crippen LogP contribution < -0.4 is 4.57 Å². The molecule has 1 heteroatoms. The Morgan fingerprint density at radius 2 is 1.84 bits per heavy atom. The van der Waals surface area contributed by atoms with E-state index in [0.29, 0.717) is 5.92 Å². The molecule has 1 nitrogen and oxygen atoms in total. The van der Waals surface area contributed by atoms with Crippen molar-refractivity contribution >= 4 is 10.8 Å². The van der Waals surface area contributed by atoms with Gasteiger partial charge in [0.25, 0.3) is 0 Å². The molecule has 0 spiro atoms. The topological polar surface area (TPSA) is 3.88 Å². The van der Waals surface area contributed by atoms with Gasteiger partial charge in [-0.2, -0.15) is 0 Å². The van der Waals surface area contributed by atoms with E-state index in [1.54, 1.807) is 5.57 Å². The van der Waals surface area contributed by atoms with Crippen molar-refractivity contribution in [2.45, 2.75) is 38.5 Å². The van der Waals surface area contributed by atoms with E-state index in [9.17, 15) is 0 Å². The van der Waals surface area contributed by atoms with Gasteiger partial charge >= 0.3 is 0 Å². The highest BCUT2D eigenvalue weighted by Gasteiger charge is 2.26. The smallest absolute Gasteiger partial charge is 0.192 e. The molecule has 1 fully saturated rings. The Bertz CT molecular complexity index is 615. The van der Waals surface area contributed by atoms with Gasteiger partial charge in [-0.05, 0) is 44.1 Å². The van der Waals surface area contributed by atoms with E-state index < -0.39 is 0 Å². The van der Waals surface area contributed by atoms with Crippen molar-refractivity contribution in [1.82, 2.24) is 0 Å². The zero-order chi connectivity index (χ0) is 13.2. The fourth-order valence-corrected chi connectivity index (χ4v) is 3.40. The number of benzene rings is 1. The molecule has 1 aliphatic carbocycles. The maximum Gasteiger partial charge on any atom is 0.192 e. The Hall–Kier alpha value is -1.63. The predicted octanol–water partition coefficient (Wildman–Crippen LogP) is 4.27. The molecule has 1 heterocycles. The summed E-state index contributed by atoms with van der Waals surface area (Å²) in [5.41, 5.74) is 3.16. The van der Waals surface area contributed by atoms with Crippen molar-refractivity contribution in [3.8, 4) is 0 Å². The number of hydrogen-bond acceptors (Lipinski definition) is 0. The fraction of sp³-hybridized carbons (Fsp3) is 0.389. The molecule has 1 aromatic carbocycles. The van der Waals surface area contributed by atoms with Crippen molar-refractivity contribution in [2.24, 2.45) is 7.05 Å². The minimum atomic E-state index is 0.708. The number of allylic oxidation sites excluding steroid dienone is 2. The standard InChI is InChI=1S/C18H22N/c1-3-14-8-10-16(11-9-14)18-17-7-5-4-6-15(17)12-13-19(18)2/h3-7,12-13,16H,8-11H2,1-2H3/q+1. The van der Waals surface area contributed by atoms with Crippen LogP contribution in [0.2, 0.25) is 0 Å². The van der Waals surface area contributed by atoms with Crippen LogP contribution in [-0.2, 0) is 7.05 Å². The van der Waals surface area contributed by atoms with Gasteiger partial charge in [-0.25, -0.2) is 4.57 Å². The third-order valence-electron chi connectivity index (χ3n) is 4.52. The average molecular weight is 252 g/mol. The first-order valence-corrected chi connectivity index (χ1v) is 7.31. The molecule has 1 aliphatic rings. The summed E-state index contributed by atoms with van der Waals surface area (Å²) < 4.78 is 2.33. The molecular weight excluding hydrogens is 230 g/mol. The van der Waals surface area contributed by atoms with Crippen molar-refractivity contribution in [3.05, 3.63) is 53.9 Å². The largest absolute Gasteiger partial charge is 0.204 e. The van der Waals surface area contributed by atoms with Crippen LogP contribution in [0.5, 0.6) is 0 Å². The third kappa shape index (κ3) is 2.30. The van der Waals surface area contributed by atoms with Crippen molar-refractivity contribution in [1.29, 1.82) is 0 Å². The molecule has 0 unspecified atom stereocenters. The van der Waals surface area contributed by atoms with Crippen molar-refractivity contribution < 1.29 is 4.57 Å². The third-order valence-corrected chi connectivity index (χ3v) is 4.52. The number of aromatic nitrogens is 1. The number of nitrogens with zero attached hydrogens (tertiary/aromatic N) is 1. The molecule has 2 aromatic rings. The number of aryl methyl sites for hydroxylation is 1. The Morgan fingerprint density at radius 1 is 1.11 bits per heavy atom. The molecule has 0 amide bonds. The van der Waals surface area contributed by atoms with Crippen molar-refractivity contribution in [3.63, 3.8) is 0 Å². The van der Waals surface area contributed by atoms with Crippen LogP contribution >= 0.6 is 0 Å². The minimum absolute atomic E-state index is 0.708. The Morgan fingerprint density at radius 3 is 2.58 bits per heavy atom. The second-order valence-electron chi connectivity index (χ2n) is 5.62. The highest BCUT2D eigenvalue weighted by molar-refractivity contribution is 5.83. The molecule has 3 rings (SSSR count). The molecule has 98 valence electrons. The molecule has 0 atom stereocenters. The summed E-state index contributed by atoms with van der Waals surface area (Å²) in [7, 11) is 2.19. The van der Waals surface area contributed by atoms with Gasteiger partial charge in [-0.15, -0.1) is 0 Å². The normalized spacial score (nSPS) is 19.7. The lowest BCUT2D eigenvalue weighted by Crippen LogP contribution is -2.35. The summed E-state index contributed by atoms with van der Waals surface area (Å²) in [4.78, 5) is 0. The van der Waals surface area contributed by atoms with E-state index >= 15 is 0 Å². The van der Waals surface area contributed by atoms with Crippen LogP contribution in [0.4, 0.5) is 0 Å². The summed E-state index contributed by atoms with van der Waals surface area (Å²) in [6.45, 7) is 2.17. The molecule has 0 aliphatic heterocycles. The average Bonchev–Trinajstić information content (AvgIpc) is 2.47. The second-order valence-corrected chi connectivity index (χ2v) is 5.62. The minimum Gasteiger partial charge on any atom is -0.204 e. The van der Waals surface area contributed by atoms with Crippen molar-refractivity contribution in [2.75, 3.05) is 0 Å². The maximum absolute atomic E-state index is 2.33. The SMILES string of the molecule is CC=C1CCC(c2c3ccccc3cc[n+]2C)CC1.